The average molecular weight is 229 g/mol. The molecular formula is C12H11N3O2. The SMILES string of the molecule is O=C(O)c1cc(-n2ccc(C3CC3)n2)ccn1. The van der Waals surface area contributed by atoms with Crippen LogP contribution in [-0.2, 0) is 0 Å². The van der Waals surface area contributed by atoms with Gasteiger partial charge in [0.25, 0.3) is 0 Å². The van der Waals surface area contributed by atoms with Crippen molar-refractivity contribution in [3.05, 3.63) is 42.0 Å². The van der Waals surface area contributed by atoms with Gasteiger partial charge in [0.1, 0.15) is 5.69 Å². The Kier molecular flexibility index (Phi) is 2.18. The fourth-order valence-electron chi connectivity index (χ4n) is 1.76. The highest BCUT2D eigenvalue weighted by atomic mass is 16.4. The highest BCUT2D eigenvalue weighted by Gasteiger charge is 2.25. The van der Waals surface area contributed by atoms with Crippen LogP contribution in [0.2, 0.25) is 0 Å². The monoisotopic (exact) mass is 229 g/mol. The lowest BCUT2D eigenvalue weighted by molar-refractivity contribution is 0.0690. The van der Waals surface area contributed by atoms with Gasteiger partial charge in [0.15, 0.2) is 0 Å². The van der Waals surface area contributed by atoms with Crippen molar-refractivity contribution in [1.82, 2.24) is 14.8 Å². The molecule has 0 radical (unpaired) electrons. The van der Waals surface area contributed by atoms with E-state index < -0.39 is 5.97 Å². The molecule has 1 N–H and O–H groups in total. The van der Waals surface area contributed by atoms with Gasteiger partial charge in [-0.1, -0.05) is 0 Å². The second kappa shape index (κ2) is 3.69. The normalized spacial score (nSPS) is 14.8. The summed E-state index contributed by atoms with van der Waals surface area (Å²) in [5.74, 6) is -0.432. The molecule has 2 aromatic heterocycles. The second-order valence-corrected chi connectivity index (χ2v) is 4.16. The van der Waals surface area contributed by atoms with Gasteiger partial charge in [-0.2, -0.15) is 5.10 Å². The molecule has 2 heterocycles. The molecule has 0 bridgehead atoms. The van der Waals surface area contributed by atoms with Gasteiger partial charge in [0.2, 0.25) is 0 Å². The Morgan fingerprint density at radius 1 is 1.41 bits per heavy atom. The molecule has 1 aliphatic rings. The minimum absolute atomic E-state index is 0.0333. The van der Waals surface area contributed by atoms with E-state index in [4.69, 9.17) is 5.11 Å². The molecule has 0 unspecified atom stereocenters. The molecule has 2 aromatic rings. The maximum absolute atomic E-state index is 10.8. The van der Waals surface area contributed by atoms with Crippen molar-refractivity contribution in [3.63, 3.8) is 0 Å². The smallest absolute Gasteiger partial charge is 0.354 e. The number of aromatic nitrogens is 3. The van der Waals surface area contributed by atoms with Crippen LogP contribution in [0, 0.1) is 0 Å². The number of hydrogen-bond acceptors (Lipinski definition) is 3. The molecule has 86 valence electrons. The third-order valence-corrected chi connectivity index (χ3v) is 2.83. The van der Waals surface area contributed by atoms with E-state index in [1.165, 1.54) is 25.1 Å². The fraction of sp³-hybridized carbons (Fsp3) is 0.250. The van der Waals surface area contributed by atoms with E-state index in [2.05, 4.69) is 10.1 Å². The minimum atomic E-state index is -1.03. The molecule has 17 heavy (non-hydrogen) atoms. The Hall–Kier alpha value is -2.17. The molecule has 0 atom stereocenters. The Morgan fingerprint density at radius 3 is 2.94 bits per heavy atom. The summed E-state index contributed by atoms with van der Waals surface area (Å²) in [4.78, 5) is 14.6. The predicted molar refractivity (Wildman–Crippen MR) is 60.3 cm³/mol. The van der Waals surface area contributed by atoms with Crippen LogP contribution in [0.3, 0.4) is 0 Å². The largest absolute Gasteiger partial charge is 0.477 e. The van der Waals surface area contributed by atoms with Crippen LogP contribution >= 0.6 is 0 Å². The van der Waals surface area contributed by atoms with Crippen LogP contribution in [0.15, 0.2) is 30.6 Å². The zero-order valence-corrected chi connectivity index (χ0v) is 9.08. The van der Waals surface area contributed by atoms with E-state index in [0.717, 1.165) is 11.4 Å². The zero-order valence-electron chi connectivity index (χ0n) is 9.08. The quantitative estimate of drug-likeness (QED) is 0.872. The minimum Gasteiger partial charge on any atom is -0.477 e. The number of aromatic carboxylic acids is 1. The van der Waals surface area contributed by atoms with Gasteiger partial charge < -0.3 is 5.11 Å². The number of carbonyl (C=O) groups is 1. The van der Waals surface area contributed by atoms with Crippen LogP contribution in [0.5, 0.6) is 0 Å². The second-order valence-electron chi connectivity index (χ2n) is 4.16. The van der Waals surface area contributed by atoms with Crippen molar-refractivity contribution in [2.45, 2.75) is 18.8 Å². The number of nitrogens with zero attached hydrogens (tertiary/aromatic N) is 3. The van der Waals surface area contributed by atoms with Crippen molar-refractivity contribution < 1.29 is 9.90 Å². The molecule has 0 aliphatic heterocycles. The molecule has 1 fully saturated rings. The molecular weight excluding hydrogens is 218 g/mol. The van der Waals surface area contributed by atoms with Crippen LogP contribution in [0.4, 0.5) is 0 Å². The van der Waals surface area contributed by atoms with E-state index in [0.29, 0.717) is 5.92 Å². The van der Waals surface area contributed by atoms with Gasteiger partial charge >= 0.3 is 5.97 Å². The number of hydrogen-bond donors (Lipinski definition) is 1. The summed E-state index contributed by atoms with van der Waals surface area (Å²) in [5.41, 5.74) is 1.84. The van der Waals surface area contributed by atoms with E-state index in [-0.39, 0.29) is 5.69 Å². The number of carboxylic acid groups (broad SMARTS) is 1. The maximum Gasteiger partial charge on any atom is 0.354 e. The maximum atomic E-state index is 10.8. The van der Waals surface area contributed by atoms with Crippen molar-refractivity contribution in [1.29, 1.82) is 0 Å². The third kappa shape index (κ3) is 1.91. The fourth-order valence-corrected chi connectivity index (χ4v) is 1.76. The number of pyridine rings is 1. The van der Waals surface area contributed by atoms with Crippen molar-refractivity contribution in [2.24, 2.45) is 0 Å². The van der Waals surface area contributed by atoms with Gasteiger partial charge in [-0.05, 0) is 31.0 Å². The zero-order chi connectivity index (χ0) is 11.8. The molecule has 0 saturated heterocycles. The van der Waals surface area contributed by atoms with E-state index in [1.807, 2.05) is 12.3 Å². The molecule has 1 aliphatic carbocycles. The van der Waals surface area contributed by atoms with Crippen molar-refractivity contribution >= 4 is 5.97 Å². The van der Waals surface area contributed by atoms with Crippen LogP contribution in [-0.4, -0.2) is 25.8 Å². The lowest BCUT2D eigenvalue weighted by Gasteiger charge is -2.01. The van der Waals surface area contributed by atoms with E-state index in [9.17, 15) is 4.79 Å². The Balaban J connectivity index is 1.96. The van der Waals surface area contributed by atoms with Gasteiger partial charge in [0, 0.05) is 18.3 Å². The highest BCUT2D eigenvalue weighted by Crippen LogP contribution is 2.38. The van der Waals surface area contributed by atoms with Gasteiger partial charge in [-0.15, -0.1) is 0 Å². The predicted octanol–water partition coefficient (Wildman–Crippen LogP) is 1.84. The summed E-state index contributed by atoms with van der Waals surface area (Å²) in [6, 6.07) is 5.25. The van der Waals surface area contributed by atoms with E-state index >= 15 is 0 Å². The van der Waals surface area contributed by atoms with Gasteiger partial charge in [-0.3, -0.25) is 0 Å². The molecule has 0 spiro atoms. The third-order valence-electron chi connectivity index (χ3n) is 2.83. The lowest BCUT2D eigenvalue weighted by Crippen LogP contribution is -2.03. The molecule has 0 amide bonds. The Bertz CT molecular complexity index is 573. The summed E-state index contributed by atoms with van der Waals surface area (Å²) in [7, 11) is 0. The number of rotatable bonds is 3. The van der Waals surface area contributed by atoms with Gasteiger partial charge in [-0.25, -0.2) is 14.5 Å². The first kappa shape index (κ1) is 10.0. The first-order valence-corrected chi connectivity index (χ1v) is 5.49. The molecule has 5 heteroatoms. The topological polar surface area (TPSA) is 68.0 Å². The molecule has 0 aromatic carbocycles. The summed E-state index contributed by atoms with van der Waals surface area (Å²) < 4.78 is 1.70. The standard InChI is InChI=1S/C12H11N3O2/c16-12(17)11-7-9(3-5-13-11)15-6-4-10(14-15)8-1-2-8/h3-8H,1-2H2,(H,16,17). The first-order valence-electron chi connectivity index (χ1n) is 5.49. The summed E-state index contributed by atoms with van der Waals surface area (Å²) in [5, 5.41) is 13.3. The number of carboxylic acids is 1. The molecule has 3 rings (SSSR count). The van der Waals surface area contributed by atoms with E-state index in [1.54, 1.807) is 10.7 Å². The Morgan fingerprint density at radius 2 is 2.24 bits per heavy atom. The summed E-state index contributed by atoms with van der Waals surface area (Å²) >= 11 is 0. The van der Waals surface area contributed by atoms with Crippen molar-refractivity contribution in [2.75, 3.05) is 0 Å². The van der Waals surface area contributed by atoms with Gasteiger partial charge in [0.05, 0.1) is 11.4 Å². The Labute approximate surface area is 97.7 Å². The lowest BCUT2D eigenvalue weighted by atomic mass is 10.3. The van der Waals surface area contributed by atoms with Crippen LogP contribution < -0.4 is 0 Å². The van der Waals surface area contributed by atoms with Crippen LogP contribution in [0.1, 0.15) is 34.9 Å². The average Bonchev–Trinajstić information content (AvgIpc) is 3.07. The highest BCUT2D eigenvalue weighted by molar-refractivity contribution is 5.85. The molecule has 5 nitrogen and oxygen atoms in total. The summed E-state index contributed by atoms with van der Waals surface area (Å²) in [6.07, 6.45) is 5.74. The van der Waals surface area contributed by atoms with Crippen molar-refractivity contribution in [3.8, 4) is 5.69 Å². The molecule has 1 saturated carbocycles. The van der Waals surface area contributed by atoms with Crippen LogP contribution in [0.25, 0.3) is 5.69 Å². The summed E-state index contributed by atoms with van der Waals surface area (Å²) in [6.45, 7) is 0. The first-order chi connectivity index (χ1) is 8.24.